The lowest BCUT2D eigenvalue weighted by Crippen LogP contribution is -2.19. The van der Waals surface area contributed by atoms with Gasteiger partial charge in [-0.3, -0.25) is 0 Å². The summed E-state index contributed by atoms with van der Waals surface area (Å²) in [4.78, 5) is 0. The molecule has 0 spiro atoms. The molecule has 156 valence electrons. The second kappa shape index (κ2) is 7.18. The quantitative estimate of drug-likeness (QED) is 0.537. The fourth-order valence-electron chi connectivity index (χ4n) is 5.36. The number of phenolic OH excluding ortho intramolecular Hbond substituents is 1. The monoisotopic (exact) mass is 390 g/mol. The predicted octanol–water partition coefficient (Wildman–Crippen LogP) is 7.41. The van der Waals surface area contributed by atoms with Gasteiger partial charge in [0, 0.05) is 5.56 Å². The molecule has 1 nitrogen and oxygen atoms in total. The van der Waals surface area contributed by atoms with Crippen molar-refractivity contribution in [3.8, 4) is 16.9 Å². The standard InChI is InChI=1S/C28H38O/c1-27(2,3)23-16-19-12-8-7-11-18(19)15-22(23)25-24(28(4,5)6)17-20-13-9-10-14-21(20)26(25)29/h15-17,29H,7-14H2,1-6H3. The molecule has 0 amide bonds. The van der Waals surface area contributed by atoms with Gasteiger partial charge < -0.3 is 5.11 Å². The first-order valence-electron chi connectivity index (χ1n) is 11.6. The maximum atomic E-state index is 11.6. The number of aromatic hydroxyl groups is 1. The molecular formula is C28H38O. The number of hydrogen-bond donors (Lipinski definition) is 1. The van der Waals surface area contributed by atoms with E-state index in [2.05, 4.69) is 59.7 Å². The highest BCUT2D eigenvalue weighted by molar-refractivity contribution is 5.81. The van der Waals surface area contributed by atoms with Crippen molar-refractivity contribution < 1.29 is 5.11 Å². The van der Waals surface area contributed by atoms with Crippen molar-refractivity contribution in [1.29, 1.82) is 0 Å². The minimum absolute atomic E-state index is 0.00958. The number of phenols is 1. The van der Waals surface area contributed by atoms with Crippen LogP contribution in [0, 0.1) is 0 Å². The van der Waals surface area contributed by atoms with Crippen molar-refractivity contribution in [1.82, 2.24) is 0 Å². The largest absolute Gasteiger partial charge is 0.507 e. The van der Waals surface area contributed by atoms with Gasteiger partial charge in [0.2, 0.25) is 0 Å². The SMILES string of the molecule is CC(C)(C)c1cc2c(cc1-c1c(C(C)(C)C)cc3c(c1O)CCCC3)CCCC2. The van der Waals surface area contributed by atoms with Crippen molar-refractivity contribution in [2.24, 2.45) is 0 Å². The summed E-state index contributed by atoms with van der Waals surface area (Å²) >= 11 is 0. The van der Waals surface area contributed by atoms with E-state index < -0.39 is 0 Å². The predicted molar refractivity (Wildman–Crippen MR) is 124 cm³/mol. The van der Waals surface area contributed by atoms with Crippen LogP contribution in [0.25, 0.3) is 11.1 Å². The molecule has 2 aliphatic carbocycles. The Morgan fingerprint density at radius 1 is 0.621 bits per heavy atom. The number of hydrogen-bond acceptors (Lipinski definition) is 1. The minimum atomic E-state index is -0.00958. The van der Waals surface area contributed by atoms with E-state index in [9.17, 15) is 5.11 Å². The Hall–Kier alpha value is -1.76. The van der Waals surface area contributed by atoms with Gasteiger partial charge in [0.15, 0.2) is 0 Å². The molecule has 1 heteroatoms. The van der Waals surface area contributed by atoms with E-state index in [0.717, 1.165) is 18.4 Å². The molecular weight excluding hydrogens is 352 g/mol. The topological polar surface area (TPSA) is 20.2 Å². The molecule has 2 aromatic rings. The van der Waals surface area contributed by atoms with Gasteiger partial charge in [-0.25, -0.2) is 0 Å². The molecule has 4 rings (SSSR count). The molecule has 1 N–H and O–H groups in total. The van der Waals surface area contributed by atoms with Gasteiger partial charge in [0.1, 0.15) is 5.75 Å². The van der Waals surface area contributed by atoms with Gasteiger partial charge in [-0.2, -0.15) is 0 Å². The normalized spacial score (nSPS) is 17.0. The number of fused-ring (bicyclic) bond motifs is 2. The van der Waals surface area contributed by atoms with Crippen LogP contribution in [0.4, 0.5) is 0 Å². The highest BCUT2D eigenvalue weighted by Crippen LogP contribution is 2.48. The molecule has 0 aliphatic heterocycles. The summed E-state index contributed by atoms with van der Waals surface area (Å²) in [7, 11) is 0. The highest BCUT2D eigenvalue weighted by atomic mass is 16.3. The van der Waals surface area contributed by atoms with Crippen LogP contribution in [-0.2, 0) is 36.5 Å². The Balaban J connectivity index is 2.06. The Labute approximate surface area is 177 Å². The second-order valence-electron chi connectivity index (χ2n) is 11.4. The van der Waals surface area contributed by atoms with Crippen molar-refractivity contribution in [2.75, 3.05) is 0 Å². The van der Waals surface area contributed by atoms with Crippen molar-refractivity contribution in [3.63, 3.8) is 0 Å². The van der Waals surface area contributed by atoms with Crippen LogP contribution in [0.3, 0.4) is 0 Å². The maximum absolute atomic E-state index is 11.6. The first kappa shape index (κ1) is 20.5. The van der Waals surface area contributed by atoms with Gasteiger partial charge in [-0.1, -0.05) is 59.7 Å². The molecule has 0 aromatic heterocycles. The van der Waals surface area contributed by atoms with Gasteiger partial charge in [-0.15, -0.1) is 0 Å². The number of benzene rings is 2. The lowest BCUT2D eigenvalue weighted by Gasteiger charge is -2.32. The fourth-order valence-corrected chi connectivity index (χ4v) is 5.36. The Bertz CT molecular complexity index is 934. The average molecular weight is 391 g/mol. The van der Waals surface area contributed by atoms with E-state index in [1.54, 1.807) is 0 Å². The summed E-state index contributed by atoms with van der Waals surface area (Å²) in [6.07, 6.45) is 9.48. The Kier molecular flexibility index (Phi) is 5.08. The third kappa shape index (κ3) is 3.74. The van der Waals surface area contributed by atoms with Crippen LogP contribution in [0.15, 0.2) is 18.2 Å². The molecule has 2 aliphatic rings. The smallest absolute Gasteiger partial charge is 0.127 e. The van der Waals surface area contributed by atoms with E-state index in [-0.39, 0.29) is 10.8 Å². The number of aryl methyl sites for hydroxylation is 3. The van der Waals surface area contributed by atoms with Gasteiger partial charge in [0.05, 0.1) is 0 Å². The van der Waals surface area contributed by atoms with E-state index >= 15 is 0 Å². The molecule has 0 heterocycles. The summed E-state index contributed by atoms with van der Waals surface area (Å²) in [5.74, 6) is 0.563. The van der Waals surface area contributed by atoms with Crippen LogP contribution in [-0.4, -0.2) is 5.11 Å². The first-order valence-corrected chi connectivity index (χ1v) is 11.6. The Morgan fingerprint density at radius 3 is 1.69 bits per heavy atom. The molecule has 0 saturated heterocycles. The van der Waals surface area contributed by atoms with Crippen molar-refractivity contribution in [2.45, 2.75) is 104 Å². The zero-order valence-corrected chi connectivity index (χ0v) is 19.3. The third-order valence-electron chi connectivity index (χ3n) is 6.99. The lowest BCUT2D eigenvalue weighted by molar-refractivity contribution is 0.459. The second-order valence-corrected chi connectivity index (χ2v) is 11.4. The first-order chi connectivity index (χ1) is 13.6. The minimum Gasteiger partial charge on any atom is -0.507 e. The van der Waals surface area contributed by atoms with Crippen molar-refractivity contribution >= 4 is 0 Å². The zero-order chi connectivity index (χ0) is 21.0. The molecule has 0 fully saturated rings. The highest BCUT2D eigenvalue weighted by Gasteiger charge is 2.30. The third-order valence-corrected chi connectivity index (χ3v) is 6.99. The van der Waals surface area contributed by atoms with Crippen LogP contribution in [0.1, 0.15) is 101 Å². The van der Waals surface area contributed by atoms with Crippen LogP contribution < -0.4 is 0 Å². The van der Waals surface area contributed by atoms with Crippen LogP contribution in [0.2, 0.25) is 0 Å². The van der Waals surface area contributed by atoms with E-state index in [4.69, 9.17) is 0 Å². The summed E-state index contributed by atoms with van der Waals surface area (Å²) in [5.41, 5.74) is 10.7. The van der Waals surface area contributed by atoms with E-state index in [0.29, 0.717) is 5.75 Å². The van der Waals surface area contributed by atoms with Gasteiger partial charge in [0.25, 0.3) is 0 Å². The lowest BCUT2D eigenvalue weighted by atomic mass is 9.72. The summed E-state index contributed by atoms with van der Waals surface area (Å²) in [5, 5.41) is 11.6. The maximum Gasteiger partial charge on any atom is 0.127 e. The summed E-state index contributed by atoms with van der Waals surface area (Å²) in [6.45, 7) is 13.8. The van der Waals surface area contributed by atoms with Gasteiger partial charge in [-0.05, 0) is 101 Å². The Morgan fingerprint density at radius 2 is 1.10 bits per heavy atom. The molecule has 0 saturated carbocycles. The fraction of sp³-hybridized carbons (Fsp3) is 0.571. The molecule has 29 heavy (non-hydrogen) atoms. The van der Waals surface area contributed by atoms with E-state index in [1.807, 2.05) is 0 Å². The molecule has 0 bridgehead atoms. The zero-order valence-electron chi connectivity index (χ0n) is 19.3. The van der Waals surface area contributed by atoms with Crippen molar-refractivity contribution in [3.05, 3.63) is 51.6 Å². The molecule has 0 atom stereocenters. The van der Waals surface area contributed by atoms with Gasteiger partial charge >= 0.3 is 0 Å². The molecule has 2 aromatic carbocycles. The average Bonchev–Trinajstić information content (AvgIpc) is 2.65. The van der Waals surface area contributed by atoms with Crippen LogP contribution in [0.5, 0.6) is 5.75 Å². The summed E-state index contributed by atoms with van der Waals surface area (Å²) in [6, 6.07) is 7.33. The molecule has 0 radical (unpaired) electrons. The number of rotatable bonds is 1. The summed E-state index contributed by atoms with van der Waals surface area (Å²) < 4.78 is 0. The van der Waals surface area contributed by atoms with E-state index in [1.165, 1.54) is 77.5 Å². The molecule has 0 unspecified atom stereocenters. The van der Waals surface area contributed by atoms with Crippen LogP contribution >= 0.6 is 0 Å².